The van der Waals surface area contributed by atoms with Crippen molar-refractivity contribution in [3.63, 3.8) is 0 Å². The van der Waals surface area contributed by atoms with Crippen molar-refractivity contribution in [2.45, 2.75) is 19.8 Å². The highest BCUT2D eigenvalue weighted by Crippen LogP contribution is 2.16. The molecule has 0 aliphatic rings. The third kappa shape index (κ3) is 5.14. The fourth-order valence-corrected chi connectivity index (χ4v) is 1.91. The van der Waals surface area contributed by atoms with E-state index in [0.717, 1.165) is 11.3 Å². The summed E-state index contributed by atoms with van der Waals surface area (Å²) < 4.78 is 26.8. The van der Waals surface area contributed by atoms with E-state index < -0.39 is 10.0 Å². The molecule has 0 aliphatic carbocycles. The van der Waals surface area contributed by atoms with Crippen molar-refractivity contribution >= 4 is 10.0 Å². The maximum absolute atomic E-state index is 10.7. The van der Waals surface area contributed by atoms with Crippen LogP contribution >= 0.6 is 0 Å². The van der Waals surface area contributed by atoms with Gasteiger partial charge in [-0.3, -0.25) is 0 Å². The fourth-order valence-electron chi connectivity index (χ4n) is 1.31. The Morgan fingerprint density at radius 2 is 1.94 bits per heavy atom. The van der Waals surface area contributed by atoms with Crippen LogP contribution in [0.3, 0.4) is 0 Å². The molecular formula is C11H17NO3S. The summed E-state index contributed by atoms with van der Waals surface area (Å²) in [6.45, 7) is 2.49. The Kier molecular flexibility index (Phi) is 4.76. The third-order valence-electron chi connectivity index (χ3n) is 2.17. The van der Waals surface area contributed by atoms with Crippen LogP contribution in [0.1, 0.15) is 18.4 Å². The molecule has 0 radical (unpaired) electrons. The highest BCUT2D eigenvalue weighted by molar-refractivity contribution is 7.89. The Bertz CT molecular complexity index is 429. The van der Waals surface area contributed by atoms with E-state index in [1.807, 2.05) is 31.2 Å². The van der Waals surface area contributed by atoms with Crippen molar-refractivity contribution in [2.75, 3.05) is 12.4 Å². The number of ether oxygens (including phenoxy) is 1. The number of primary sulfonamides is 1. The number of aryl methyl sites for hydroxylation is 1. The summed E-state index contributed by atoms with van der Waals surface area (Å²) in [5, 5.41) is 4.88. The molecule has 0 atom stereocenters. The van der Waals surface area contributed by atoms with Crippen LogP contribution in [0.5, 0.6) is 5.75 Å². The predicted octanol–water partition coefficient (Wildman–Crippen LogP) is 1.44. The zero-order chi connectivity index (χ0) is 12.0. The predicted molar refractivity (Wildman–Crippen MR) is 63.9 cm³/mol. The summed E-state index contributed by atoms with van der Waals surface area (Å²) in [5.74, 6) is 0.863. The summed E-state index contributed by atoms with van der Waals surface area (Å²) in [5.41, 5.74) is 1.08. The van der Waals surface area contributed by atoms with E-state index in [9.17, 15) is 8.42 Å². The maximum atomic E-state index is 10.7. The molecule has 90 valence electrons. The van der Waals surface area contributed by atoms with E-state index >= 15 is 0 Å². The summed E-state index contributed by atoms with van der Waals surface area (Å²) in [6.07, 6.45) is 1.22. The van der Waals surface area contributed by atoms with Crippen LogP contribution in [0.25, 0.3) is 0 Å². The van der Waals surface area contributed by atoms with Crippen molar-refractivity contribution in [2.24, 2.45) is 5.14 Å². The second kappa shape index (κ2) is 5.86. The van der Waals surface area contributed by atoms with Gasteiger partial charge in [0, 0.05) is 0 Å². The van der Waals surface area contributed by atoms with Crippen LogP contribution in [-0.2, 0) is 10.0 Å². The number of rotatable bonds is 6. The maximum Gasteiger partial charge on any atom is 0.209 e. The van der Waals surface area contributed by atoms with Gasteiger partial charge in [0.1, 0.15) is 5.75 Å². The summed E-state index contributed by atoms with van der Waals surface area (Å²) in [4.78, 5) is 0. The molecule has 0 amide bonds. The van der Waals surface area contributed by atoms with Gasteiger partial charge in [-0.25, -0.2) is 13.6 Å². The molecule has 0 fully saturated rings. The SMILES string of the molecule is Cc1ccccc1OCCCCS(N)(=O)=O. The van der Waals surface area contributed by atoms with Crippen LogP contribution in [0, 0.1) is 6.92 Å². The number of para-hydroxylation sites is 1. The second-order valence-electron chi connectivity index (χ2n) is 3.69. The van der Waals surface area contributed by atoms with Gasteiger partial charge in [-0.15, -0.1) is 0 Å². The second-order valence-corrected chi connectivity index (χ2v) is 5.42. The van der Waals surface area contributed by atoms with Gasteiger partial charge < -0.3 is 4.74 Å². The molecule has 0 saturated heterocycles. The lowest BCUT2D eigenvalue weighted by atomic mass is 10.2. The molecule has 1 aromatic carbocycles. The number of nitrogens with two attached hydrogens (primary N) is 1. The van der Waals surface area contributed by atoms with Crippen molar-refractivity contribution in [3.8, 4) is 5.75 Å². The van der Waals surface area contributed by atoms with Gasteiger partial charge in [-0.1, -0.05) is 18.2 Å². The van der Waals surface area contributed by atoms with E-state index in [-0.39, 0.29) is 5.75 Å². The van der Waals surface area contributed by atoms with Crippen LogP contribution in [0.2, 0.25) is 0 Å². The number of sulfonamides is 1. The Labute approximate surface area is 96.5 Å². The number of hydrogen-bond acceptors (Lipinski definition) is 3. The molecule has 5 heteroatoms. The minimum absolute atomic E-state index is 0.0180. The van der Waals surface area contributed by atoms with Crippen LogP contribution in [0.15, 0.2) is 24.3 Å². The third-order valence-corrected chi connectivity index (χ3v) is 3.03. The molecule has 4 nitrogen and oxygen atoms in total. The van der Waals surface area contributed by atoms with E-state index in [1.54, 1.807) is 0 Å². The van der Waals surface area contributed by atoms with Gasteiger partial charge in [-0.2, -0.15) is 0 Å². The van der Waals surface area contributed by atoms with Gasteiger partial charge in [0.15, 0.2) is 0 Å². The van der Waals surface area contributed by atoms with Crippen molar-refractivity contribution in [3.05, 3.63) is 29.8 Å². The summed E-state index contributed by atoms with van der Waals surface area (Å²) >= 11 is 0. The molecule has 0 unspecified atom stereocenters. The smallest absolute Gasteiger partial charge is 0.209 e. The van der Waals surface area contributed by atoms with E-state index in [2.05, 4.69) is 0 Å². The average Bonchev–Trinajstić information content (AvgIpc) is 2.18. The zero-order valence-corrected chi connectivity index (χ0v) is 10.2. The first-order chi connectivity index (χ1) is 7.49. The van der Waals surface area contributed by atoms with Crippen molar-refractivity contribution < 1.29 is 13.2 Å². The molecule has 0 heterocycles. The van der Waals surface area contributed by atoms with Crippen molar-refractivity contribution in [1.82, 2.24) is 0 Å². The van der Waals surface area contributed by atoms with Crippen molar-refractivity contribution in [1.29, 1.82) is 0 Å². The van der Waals surface area contributed by atoms with Crippen LogP contribution in [-0.4, -0.2) is 20.8 Å². The molecule has 0 saturated carbocycles. The molecule has 16 heavy (non-hydrogen) atoms. The standard InChI is InChI=1S/C11H17NO3S/c1-10-6-2-3-7-11(10)15-8-4-5-9-16(12,13)14/h2-3,6-7H,4-5,8-9H2,1H3,(H2,12,13,14). The largest absolute Gasteiger partial charge is 0.493 e. The molecule has 0 aromatic heterocycles. The first-order valence-electron chi connectivity index (χ1n) is 5.18. The van der Waals surface area contributed by atoms with Crippen LogP contribution < -0.4 is 9.88 Å². The fraction of sp³-hybridized carbons (Fsp3) is 0.455. The number of unbranched alkanes of at least 4 members (excludes halogenated alkanes) is 1. The first kappa shape index (κ1) is 13.0. The average molecular weight is 243 g/mol. The Hall–Kier alpha value is -1.07. The lowest BCUT2D eigenvalue weighted by molar-refractivity contribution is 0.307. The Morgan fingerprint density at radius 1 is 1.25 bits per heavy atom. The molecular weight excluding hydrogens is 226 g/mol. The van der Waals surface area contributed by atoms with Gasteiger partial charge >= 0.3 is 0 Å². The monoisotopic (exact) mass is 243 g/mol. The molecule has 0 aliphatic heterocycles. The molecule has 2 N–H and O–H groups in total. The van der Waals surface area contributed by atoms with Gasteiger partial charge in [0.05, 0.1) is 12.4 Å². The molecule has 0 bridgehead atoms. The number of hydrogen-bond donors (Lipinski definition) is 1. The highest BCUT2D eigenvalue weighted by Gasteiger charge is 2.02. The van der Waals surface area contributed by atoms with Gasteiger partial charge in [0.2, 0.25) is 10.0 Å². The minimum Gasteiger partial charge on any atom is -0.493 e. The van der Waals surface area contributed by atoms with Gasteiger partial charge in [-0.05, 0) is 31.4 Å². The summed E-state index contributed by atoms with van der Waals surface area (Å²) in [7, 11) is -3.33. The Morgan fingerprint density at radius 3 is 2.56 bits per heavy atom. The Balaban J connectivity index is 2.24. The van der Waals surface area contributed by atoms with Crippen LogP contribution in [0.4, 0.5) is 0 Å². The highest BCUT2D eigenvalue weighted by atomic mass is 32.2. The topological polar surface area (TPSA) is 69.4 Å². The zero-order valence-electron chi connectivity index (χ0n) is 9.35. The lowest BCUT2D eigenvalue weighted by Crippen LogP contribution is -2.16. The lowest BCUT2D eigenvalue weighted by Gasteiger charge is -2.08. The summed E-state index contributed by atoms with van der Waals surface area (Å²) in [6, 6.07) is 7.73. The molecule has 0 spiro atoms. The quantitative estimate of drug-likeness (QED) is 0.769. The van der Waals surface area contributed by atoms with E-state index in [4.69, 9.17) is 9.88 Å². The van der Waals surface area contributed by atoms with Gasteiger partial charge in [0.25, 0.3) is 0 Å². The minimum atomic E-state index is -3.33. The normalized spacial score (nSPS) is 11.4. The van der Waals surface area contributed by atoms with E-state index in [1.165, 1.54) is 0 Å². The molecule has 1 aromatic rings. The van der Waals surface area contributed by atoms with E-state index in [0.29, 0.717) is 19.4 Å². The first-order valence-corrected chi connectivity index (χ1v) is 6.89. The molecule has 1 rings (SSSR count). The number of benzene rings is 1.